The van der Waals surface area contributed by atoms with Crippen LogP contribution in [-0.2, 0) is 12.3 Å². The third-order valence-corrected chi connectivity index (χ3v) is 3.44. The van der Waals surface area contributed by atoms with Crippen molar-refractivity contribution in [2.75, 3.05) is 11.5 Å². The van der Waals surface area contributed by atoms with Gasteiger partial charge in [-0.3, -0.25) is 0 Å². The molecule has 0 unspecified atom stereocenters. The van der Waals surface area contributed by atoms with Gasteiger partial charge in [0, 0.05) is 30.8 Å². The lowest BCUT2D eigenvalue weighted by Crippen LogP contribution is -2.14. The molecule has 120 valence electrons. The molecule has 0 aliphatic carbocycles. The number of nitrogen functional groups attached to an aromatic ring is 2. The first-order valence-electron chi connectivity index (χ1n) is 6.64. The van der Waals surface area contributed by atoms with Gasteiger partial charge in [0.25, 0.3) is 5.92 Å². The first kappa shape index (κ1) is 15.0. The van der Waals surface area contributed by atoms with E-state index in [4.69, 9.17) is 11.5 Å². The van der Waals surface area contributed by atoms with Crippen molar-refractivity contribution in [3.05, 3.63) is 28.8 Å². The summed E-state index contributed by atoms with van der Waals surface area (Å²) in [7, 11) is 0. The Bertz CT molecular complexity index is 888. The molecule has 23 heavy (non-hydrogen) atoms. The molecule has 0 aliphatic heterocycles. The zero-order valence-electron chi connectivity index (χ0n) is 12.3. The molecule has 0 spiro atoms. The number of hydrogen-bond donors (Lipinski definition) is 2. The van der Waals surface area contributed by atoms with Gasteiger partial charge in [-0.2, -0.15) is 0 Å². The van der Waals surface area contributed by atoms with Crippen LogP contribution in [0.2, 0.25) is 0 Å². The fourth-order valence-electron chi connectivity index (χ4n) is 2.23. The first-order chi connectivity index (χ1) is 10.8. The van der Waals surface area contributed by atoms with E-state index in [0.717, 1.165) is 13.1 Å². The van der Waals surface area contributed by atoms with Crippen molar-refractivity contribution in [2.45, 2.75) is 26.2 Å². The molecular formula is C13H13F2N7O. The molecule has 0 aromatic carbocycles. The van der Waals surface area contributed by atoms with Crippen LogP contribution in [0, 0.1) is 6.92 Å². The molecule has 3 aromatic heterocycles. The van der Waals surface area contributed by atoms with Crippen LogP contribution in [0.4, 0.5) is 20.3 Å². The number of aryl methyl sites for hydroxylation is 1. The summed E-state index contributed by atoms with van der Waals surface area (Å²) in [4.78, 5) is 12.1. The highest BCUT2D eigenvalue weighted by Crippen LogP contribution is 2.30. The Labute approximate surface area is 128 Å². The molecule has 0 aliphatic rings. The smallest absolute Gasteiger partial charge is 0.275 e. The molecule has 0 saturated carbocycles. The van der Waals surface area contributed by atoms with E-state index in [0.29, 0.717) is 28.1 Å². The lowest BCUT2D eigenvalue weighted by atomic mass is 10.1. The summed E-state index contributed by atoms with van der Waals surface area (Å²) in [5.74, 6) is -3.12. The molecule has 10 heteroatoms. The van der Waals surface area contributed by atoms with Crippen LogP contribution in [0.1, 0.15) is 29.6 Å². The van der Waals surface area contributed by atoms with Crippen molar-refractivity contribution >= 4 is 22.7 Å². The summed E-state index contributed by atoms with van der Waals surface area (Å²) >= 11 is 0. The number of aromatic nitrogens is 5. The minimum absolute atomic E-state index is 0.174. The van der Waals surface area contributed by atoms with E-state index in [-0.39, 0.29) is 18.1 Å². The normalized spacial score (nSPS) is 12.0. The second-order valence-corrected chi connectivity index (χ2v) is 5.18. The lowest BCUT2D eigenvalue weighted by Gasteiger charge is -2.13. The fourth-order valence-corrected chi connectivity index (χ4v) is 2.23. The highest BCUT2D eigenvalue weighted by molar-refractivity contribution is 5.85. The molecule has 0 saturated heterocycles. The number of rotatable bonds is 3. The van der Waals surface area contributed by atoms with Crippen LogP contribution >= 0.6 is 0 Å². The monoisotopic (exact) mass is 321 g/mol. The Morgan fingerprint density at radius 3 is 2.61 bits per heavy atom. The largest absolute Gasteiger partial charge is 0.396 e. The van der Waals surface area contributed by atoms with Crippen molar-refractivity contribution < 1.29 is 13.4 Å². The van der Waals surface area contributed by atoms with Crippen LogP contribution in [-0.4, -0.2) is 25.3 Å². The number of pyridine rings is 1. The Hall–Kier alpha value is -2.91. The van der Waals surface area contributed by atoms with Crippen molar-refractivity contribution in [3.8, 4) is 0 Å². The quantitative estimate of drug-likeness (QED) is 0.743. The average molecular weight is 321 g/mol. The van der Waals surface area contributed by atoms with Crippen LogP contribution in [0.15, 0.2) is 10.8 Å². The van der Waals surface area contributed by atoms with Crippen molar-refractivity contribution in [3.63, 3.8) is 0 Å². The minimum Gasteiger partial charge on any atom is -0.396 e. The van der Waals surface area contributed by atoms with Crippen molar-refractivity contribution in [2.24, 2.45) is 0 Å². The summed E-state index contributed by atoms with van der Waals surface area (Å²) in [6, 6.07) is 0. The maximum Gasteiger partial charge on any atom is 0.275 e. The molecule has 4 N–H and O–H groups in total. The molecule has 0 amide bonds. The van der Waals surface area contributed by atoms with E-state index in [1.807, 2.05) is 0 Å². The lowest BCUT2D eigenvalue weighted by molar-refractivity contribution is 0.0176. The van der Waals surface area contributed by atoms with Gasteiger partial charge in [0.15, 0.2) is 5.52 Å². The van der Waals surface area contributed by atoms with E-state index in [2.05, 4.69) is 29.9 Å². The molecule has 0 fully saturated rings. The zero-order chi connectivity index (χ0) is 16.8. The third-order valence-electron chi connectivity index (χ3n) is 3.44. The number of nitrogens with zero attached hydrogens (tertiary/aromatic N) is 5. The fraction of sp³-hybridized carbons (Fsp3) is 0.308. The van der Waals surface area contributed by atoms with Gasteiger partial charge >= 0.3 is 0 Å². The van der Waals surface area contributed by atoms with Gasteiger partial charge in [-0.1, -0.05) is 0 Å². The highest BCUT2D eigenvalue weighted by atomic mass is 19.3. The summed E-state index contributed by atoms with van der Waals surface area (Å²) in [6.45, 7) is 2.47. The topological polar surface area (TPSA) is 130 Å². The summed E-state index contributed by atoms with van der Waals surface area (Å²) in [5, 5.41) is 7.32. The van der Waals surface area contributed by atoms with E-state index >= 15 is 0 Å². The van der Waals surface area contributed by atoms with Gasteiger partial charge in [0.05, 0.1) is 11.3 Å². The van der Waals surface area contributed by atoms with Crippen LogP contribution in [0.5, 0.6) is 0 Å². The molecule has 3 rings (SSSR count). The van der Waals surface area contributed by atoms with Crippen LogP contribution < -0.4 is 11.5 Å². The average Bonchev–Trinajstić information content (AvgIpc) is 2.90. The van der Waals surface area contributed by atoms with Gasteiger partial charge in [-0.05, 0) is 17.2 Å². The van der Waals surface area contributed by atoms with Gasteiger partial charge in [0.1, 0.15) is 11.6 Å². The number of anilines is 2. The maximum absolute atomic E-state index is 13.3. The number of nitrogens with two attached hydrogens (primary N) is 2. The Morgan fingerprint density at radius 1 is 1.22 bits per heavy atom. The predicted molar refractivity (Wildman–Crippen MR) is 77.6 cm³/mol. The van der Waals surface area contributed by atoms with Crippen LogP contribution in [0.25, 0.3) is 11.2 Å². The standard InChI is InChI=1S/C13H13F2N7O/c1-5-6(9(16)10-12(19-5)22-23-21-10)3-8-18-4-7(11(17)20-8)13(2,14)15/h4H,3,16H2,1-2H3,(H2,17,18,20). The predicted octanol–water partition coefficient (Wildman–Crippen LogP) is 1.58. The van der Waals surface area contributed by atoms with Crippen molar-refractivity contribution in [1.82, 2.24) is 25.3 Å². The maximum atomic E-state index is 13.3. The molecule has 3 heterocycles. The Kier molecular flexibility index (Phi) is 3.31. The SMILES string of the molecule is Cc1nc2nonc2c(N)c1Cc1ncc(C(C)(F)F)c(N)n1. The number of hydrogen-bond acceptors (Lipinski definition) is 8. The van der Waals surface area contributed by atoms with E-state index < -0.39 is 11.5 Å². The highest BCUT2D eigenvalue weighted by Gasteiger charge is 2.28. The van der Waals surface area contributed by atoms with E-state index in [9.17, 15) is 8.78 Å². The number of halogens is 2. The van der Waals surface area contributed by atoms with Gasteiger partial charge in [-0.15, -0.1) is 0 Å². The second kappa shape index (κ2) is 5.07. The molecule has 0 bridgehead atoms. The Balaban J connectivity index is 2.01. The number of fused-ring (bicyclic) bond motifs is 1. The first-order valence-corrected chi connectivity index (χ1v) is 6.64. The second-order valence-electron chi connectivity index (χ2n) is 5.18. The van der Waals surface area contributed by atoms with Gasteiger partial charge < -0.3 is 11.5 Å². The third kappa shape index (κ3) is 2.62. The molecule has 3 aromatic rings. The van der Waals surface area contributed by atoms with Crippen LogP contribution in [0.3, 0.4) is 0 Å². The van der Waals surface area contributed by atoms with Crippen molar-refractivity contribution in [1.29, 1.82) is 0 Å². The Morgan fingerprint density at radius 2 is 1.96 bits per heavy atom. The summed E-state index contributed by atoms with van der Waals surface area (Å²) in [5.41, 5.74) is 13.4. The summed E-state index contributed by atoms with van der Waals surface area (Å²) in [6.07, 6.45) is 1.19. The number of alkyl halides is 2. The van der Waals surface area contributed by atoms with E-state index in [1.54, 1.807) is 6.92 Å². The van der Waals surface area contributed by atoms with Gasteiger partial charge in [0.2, 0.25) is 5.65 Å². The molecule has 0 atom stereocenters. The van der Waals surface area contributed by atoms with E-state index in [1.165, 1.54) is 0 Å². The zero-order valence-corrected chi connectivity index (χ0v) is 12.3. The molecule has 0 radical (unpaired) electrons. The molecular weight excluding hydrogens is 308 g/mol. The minimum atomic E-state index is -3.11. The molecule has 8 nitrogen and oxygen atoms in total. The summed E-state index contributed by atoms with van der Waals surface area (Å²) < 4.78 is 31.3. The van der Waals surface area contributed by atoms with Gasteiger partial charge in [-0.25, -0.2) is 28.4 Å².